The Morgan fingerprint density at radius 3 is 2.76 bits per heavy atom. The highest BCUT2D eigenvalue weighted by atomic mass is 35.5. The van der Waals surface area contributed by atoms with E-state index in [0.717, 1.165) is 19.5 Å². The smallest absolute Gasteiger partial charge is 0.213 e. The van der Waals surface area contributed by atoms with Gasteiger partial charge in [-0.25, -0.2) is 4.98 Å². The largest absolute Gasteiger partial charge is 0.474 e. The third-order valence-corrected chi connectivity index (χ3v) is 5.39. The van der Waals surface area contributed by atoms with Crippen LogP contribution >= 0.6 is 23.2 Å². The van der Waals surface area contributed by atoms with Gasteiger partial charge in [0, 0.05) is 37.2 Å². The fourth-order valence-corrected chi connectivity index (χ4v) is 3.65. The molecule has 0 amide bonds. The van der Waals surface area contributed by atoms with Gasteiger partial charge in [-0.1, -0.05) is 36.2 Å². The van der Waals surface area contributed by atoms with Crippen molar-refractivity contribution in [2.24, 2.45) is 5.92 Å². The molecule has 0 saturated carbocycles. The highest BCUT2D eigenvalue weighted by Crippen LogP contribution is 2.35. The summed E-state index contributed by atoms with van der Waals surface area (Å²) in [6, 6.07) is 11.4. The van der Waals surface area contributed by atoms with Gasteiger partial charge in [0.15, 0.2) is 0 Å². The number of rotatable bonds is 5. The van der Waals surface area contributed by atoms with Gasteiger partial charge in [0.05, 0.1) is 15.6 Å². The summed E-state index contributed by atoms with van der Waals surface area (Å²) < 4.78 is 6.13. The summed E-state index contributed by atoms with van der Waals surface area (Å²) in [6.07, 6.45) is 2.42. The van der Waals surface area contributed by atoms with Gasteiger partial charge in [0.1, 0.15) is 12.2 Å². The summed E-state index contributed by atoms with van der Waals surface area (Å²) in [6.45, 7) is 3.86. The fourth-order valence-electron chi connectivity index (χ4n) is 3.34. The first-order chi connectivity index (χ1) is 12.1. The zero-order valence-corrected chi connectivity index (χ0v) is 15.4. The number of pyridine rings is 1. The predicted octanol–water partition coefficient (Wildman–Crippen LogP) is 4.42. The number of hydrogen-bond acceptors (Lipinski definition) is 4. The third kappa shape index (κ3) is 4.07. The second-order valence-electron chi connectivity index (χ2n) is 6.16. The van der Waals surface area contributed by atoms with Crippen molar-refractivity contribution in [2.45, 2.75) is 25.4 Å². The van der Waals surface area contributed by atoms with Crippen molar-refractivity contribution in [3.05, 3.63) is 57.7 Å². The molecule has 0 aliphatic carbocycles. The number of nitrogens with zero attached hydrogens (tertiary/aromatic N) is 2. The third-order valence-electron chi connectivity index (χ3n) is 4.65. The molecule has 1 aliphatic heterocycles. The summed E-state index contributed by atoms with van der Waals surface area (Å²) in [5.41, 5.74) is 1.69. The van der Waals surface area contributed by atoms with Crippen LogP contribution < -0.4 is 10.1 Å². The van der Waals surface area contributed by atoms with Crippen LogP contribution in [0.3, 0.4) is 0 Å². The molecular formula is C19H19Cl2N3O. The van der Waals surface area contributed by atoms with Crippen molar-refractivity contribution in [1.82, 2.24) is 10.3 Å². The average Bonchev–Trinajstić information content (AvgIpc) is 3.12. The van der Waals surface area contributed by atoms with Gasteiger partial charge in [-0.05, 0) is 30.2 Å². The van der Waals surface area contributed by atoms with E-state index in [-0.39, 0.29) is 6.10 Å². The van der Waals surface area contributed by atoms with Crippen LogP contribution in [0, 0.1) is 17.2 Å². The summed E-state index contributed by atoms with van der Waals surface area (Å²) in [5, 5.41) is 13.5. The van der Waals surface area contributed by atoms with E-state index < -0.39 is 0 Å². The first kappa shape index (κ1) is 18.0. The molecule has 2 heterocycles. The second-order valence-corrected chi connectivity index (χ2v) is 6.98. The van der Waals surface area contributed by atoms with Crippen molar-refractivity contribution < 1.29 is 4.74 Å². The molecule has 1 aromatic carbocycles. The Morgan fingerprint density at radius 1 is 1.28 bits per heavy atom. The molecule has 4 nitrogen and oxygen atoms in total. The lowest BCUT2D eigenvalue weighted by atomic mass is 9.84. The van der Waals surface area contributed by atoms with Crippen molar-refractivity contribution in [1.29, 1.82) is 5.26 Å². The zero-order valence-electron chi connectivity index (χ0n) is 13.9. The molecule has 1 saturated heterocycles. The molecule has 3 unspecified atom stereocenters. The van der Waals surface area contributed by atoms with Crippen LogP contribution in [0.4, 0.5) is 0 Å². The number of benzene rings is 1. The van der Waals surface area contributed by atoms with E-state index in [2.05, 4.69) is 23.3 Å². The fraction of sp³-hybridized carbons (Fsp3) is 0.368. The van der Waals surface area contributed by atoms with Gasteiger partial charge in [0.25, 0.3) is 0 Å². The topological polar surface area (TPSA) is 57.9 Å². The molecule has 3 rings (SSSR count). The van der Waals surface area contributed by atoms with Crippen LogP contribution in [0.15, 0.2) is 36.5 Å². The molecule has 0 bridgehead atoms. The Labute approximate surface area is 157 Å². The van der Waals surface area contributed by atoms with Crippen LogP contribution in [-0.4, -0.2) is 24.2 Å². The molecule has 130 valence electrons. The Morgan fingerprint density at radius 2 is 2.12 bits per heavy atom. The number of hydrogen-bond donors (Lipinski definition) is 1. The molecule has 2 aromatic rings. The number of aromatic nitrogens is 1. The maximum absolute atomic E-state index is 8.87. The maximum atomic E-state index is 8.87. The molecule has 1 aromatic heterocycles. The van der Waals surface area contributed by atoms with Crippen molar-refractivity contribution in [3.8, 4) is 11.9 Å². The number of nitrogens with one attached hydrogen (secondary N) is 1. The quantitative estimate of drug-likeness (QED) is 0.839. The normalized spacial score (nSPS) is 20.9. The molecule has 6 heteroatoms. The molecule has 25 heavy (non-hydrogen) atoms. The highest BCUT2D eigenvalue weighted by molar-refractivity contribution is 6.42. The lowest BCUT2D eigenvalue weighted by molar-refractivity contribution is 0.124. The standard InChI is InChI=1S/C19H19Cl2N3O/c1-2-18(25-19-6-3-12(8-22)9-24-19)15-11-23-10-14(15)13-4-5-16(20)17(21)7-13/h3-7,9,14-15,18,23H,2,10-11H2,1H3. The van der Waals surface area contributed by atoms with Gasteiger partial charge in [-0.15, -0.1) is 0 Å². The Hall–Kier alpha value is -1.80. The van der Waals surface area contributed by atoms with E-state index in [4.69, 9.17) is 33.2 Å². The van der Waals surface area contributed by atoms with Gasteiger partial charge < -0.3 is 10.1 Å². The monoisotopic (exact) mass is 375 g/mol. The van der Waals surface area contributed by atoms with E-state index in [9.17, 15) is 0 Å². The Balaban J connectivity index is 1.78. The summed E-state index contributed by atoms with van der Waals surface area (Å²) in [5.74, 6) is 1.16. The SMILES string of the molecule is CCC(Oc1ccc(C#N)cn1)C1CNCC1c1ccc(Cl)c(Cl)c1. The van der Waals surface area contributed by atoms with E-state index in [1.165, 1.54) is 11.8 Å². The Bertz CT molecular complexity index is 773. The molecular weight excluding hydrogens is 357 g/mol. The van der Waals surface area contributed by atoms with Gasteiger partial charge in [-0.2, -0.15) is 5.26 Å². The summed E-state index contributed by atoms with van der Waals surface area (Å²) in [4.78, 5) is 4.23. The summed E-state index contributed by atoms with van der Waals surface area (Å²) >= 11 is 12.2. The van der Waals surface area contributed by atoms with Crippen molar-refractivity contribution in [3.63, 3.8) is 0 Å². The van der Waals surface area contributed by atoms with Gasteiger partial charge >= 0.3 is 0 Å². The van der Waals surface area contributed by atoms with Crippen LogP contribution in [-0.2, 0) is 0 Å². The van der Waals surface area contributed by atoms with Crippen molar-refractivity contribution >= 4 is 23.2 Å². The molecule has 1 N–H and O–H groups in total. The van der Waals surface area contributed by atoms with E-state index in [1.54, 1.807) is 12.1 Å². The van der Waals surface area contributed by atoms with Crippen molar-refractivity contribution in [2.75, 3.05) is 13.1 Å². The minimum absolute atomic E-state index is 0.0230. The molecule has 1 aliphatic rings. The van der Waals surface area contributed by atoms with Crippen LogP contribution in [0.25, 0.3) is 0 Å². The lowest BCUT2D eigenvalue weighted by Crippen LogP contribution is -2.31. The maximum Gasteiger partial charge on any atom is 0.213 e. The number of nitriles is 1. The van der Waals surface area contributed by atoms with Crippen LogP contribution in [0.2, 0.25) is 10.0 Å². The van der Waals surface area contributed by atoms with E-state index >= 15 is 0 Å². The van der Waals surface area contributed by atoms with E-state index in [0.29, 0.717) is 33.3 Å². The molecule has 3 atom stereocenters. The molecule has 1 fully saturated rings. The molecule has 0 spiro atoms. The molecule has 0 radical (unpaired) electrons. The second kappa shape index (κ2) is 8.05. The van der Waals surface area contributed by atoms with E-state index in [1.807, 2.05) is 18.2 Å². The number of halogens is 2. The van der Waals surface area contributed by atoms with Gasteiger partial charge in [-0.3, -0.25) is 0 Å². The first-order valence-corrected chi connectivity index (χ1v) is 9.06. The lowest BCUT2D eigenvalue weighted by Gasteiger charge is -2.28. The predicted molar refractivity (Wildman–Crippen MR) is 99.2 cm³/mol. The first-order valence-electron chi connectivity index (χ1n) is 8.30. The minimum atomic E-state index is 0.0230. The zero-order chi connectivity index (χ0) is 17.8. The number of ether oxygens (including phenoxy) is 1. The minimum Gasteiger partial charge on any atom is -0.474 e. The average molecular weight is 376 g/mol. The highest BCUT2D eigenvalue weighted by Gasteiger charge is 2.35. The van der Waals surface area contributed by atoms with Gasteiger partial charge in [0.2, 0.25) is 5.88 Å². The Kier molecular flexibility index (Phi) is 5.80. The van der Waals surface area contributed by atoms with Crippen LogP contribution in [0.1, 0.15) is 30.4 Å². The summed E-state index contributed by atoms with van der Waals surface area (Å²) in [7, 11) is 0. The van der Waals surface area contributed by atoms with Crippen LogP contribution in [0.5, 0.6) is 5.88 Å².